The van der Waals surface area contributed by atoms with Crippen molar-refractivity contribution in [3.63, 3.8) is 0 Å². The van der Waals surface area contributed by atoms with Gasteiger partial charge in [0.05, 0.1) is 0 Å². The van der Waals surface area contributed by atoms with Gasteiger partial charge in [0.2, 0.25) is 0 Å². The van der Waals surface area contributed by atoms with Crippen molar-refractivity contribution >= 4 is 0 Å². The fraction of sp³-hybridized carbons (Fsp3) is 1.00. The fourth-order valence-electron chi connectivity index (χ4n) is 2.78. The van der Waals surface area contributed by atoms with Crippen molar-refractivity contribution in [1.82, 2.24) is 10.2 Å². The largest absolute Gasteiger partial charge is 0.382 e. The van der Waals surface area contributed by atoms with Gasteiger partial charge in [0.25, 0.3) is 0 Å². The number of hydrogen-bond donors (Lipinski definition) is 1. The summed E-state index contributed by atoms with van der Waals surface area (Å²) in [5, 5.41) is 3.72. The summed E-state index contributed by atoms with van der Waals surface area (Å²) in [7, 11) is 0. The topological polar surface area (TPSA) is 24.5 Å². The van der Waals surface area contributed by atoms with Crippen LogP contribution in [0.25, 0.3) is 0 Å². The van der Waals surface area contributed by atoms with Crippen LogP contribution in [0.3, 0.4) is 0 Å². The lowest BCUT2D eigenvalue weighted by Gasteiger charge is -2.48. The molecule has 0 aromatic heterocycles. The maximum Gasteiger partial charge on any atom is 0.0478 e. The van der Waals surface area contributed by atoms with Crippen molar-refractivity contribution < 1.29 is 4.74 Å². The Kier molecular flexibility index (Phi) is 7.20. The summed E-state index contributed by atoms with van der Waals surface area (Å²) in [6, 6.07) is 0.682. The van der Waals surface area contributed by atoms with Gasteiger partial charge < -0.3 is 10.1 Å². The lowest BCUT2D eigenvalue weighted by Crippen LogP contribution is -2.63. The fourth-order valence-corrected chi connectivity index (χ4v) is 2.78. The Morgan fingerprint density at radius 2 is 2.11 bits per heavy atom. The SMILES string of the molecule is CCCC1CN(CCCOCC)C(C)(CC)CN1. The molecule has 0 saturated carbocycles. The second-order valence-corrected chi connectivity index (χ2v) is 5.71. The average Bonchev–Trinajstić information content (AvgIpc) is 2.38. The molecule has 18 heavy (non-hydrogen) atoms. The number of nitrogens with zero attached hydrogens (tertiary/aromatic N) is 1. The Labute approximate surface area is 113 Å². The number of hydrogen-bond acceptors (Lipinski definition) is 3. The third-order valence-corrected chi connectivity index (χ3v) is 4.30. The molecule has 1 N–H and O–H groups in total. The summed E-state index contributed by atoms with van der Waals surface area (Å²) in [5.74, 6) is 0. The standard InChI is InChI=1S/C15H32N2O/c1-5-9-14-12-17(10-8-11-18-7-3)15(4,6-2)13-16-14/h14,16H,5-13H2,1-4H3. The molecule has 1 rings (SSSR count). The Balaban J connectivity index is 2.45. The molecule has 0 aromatic rings. The van der Waals surface area contributed by atoms with Crippen LogP contribution in [0.4, 0.5) is 0 Å². The lowest BCUT2D eigenvalue weighted by molar-refractivity contribution is 0.0361. The Morgan fingerprint density at radius 3 is 2.72 bits per heavy atom. The van der Waals surface area contributed by atoms with Gasteiger partial charge in [0, 0.05) is 44.4 Å². The second kappa shape index (κ2) is 8.13. The van der Waals surface area contributed by atoms with Crippen LogP contribution in [-0.4, -0.2) is 49.3 Å². The van der Waals surface area contributed by atoms with E-state index in [1.807, 2.05) is 0 Å². The molecule has 0 spiro atoms. The highest BCUT2D eigenvalue weighted by Gasteiger charge is 2.35. The molecular weight excluding hydrogens is 224 g/mol. The zero-order valence-electron chi connectivity index (χ0n) is 12.8. The van der Waals surface area contributed by atoms with Gasteiger partial charge in [-0.2, -0.15) is 0 Å². The molecule has 0 amide bonds. The average molecular weight is 256 g/mol. The number of rotatable bonds is 8. The molecule has 1 aliphatic rings. The molecule has 1 heterocycles. The minimum atomic E-state index is 0.330. The first-order chi connectivity index (χ1) is 8.66. The van der Waals surface area contributed by atoms with E-state index < -0.39 is 0 Å². The molecule has 0 aromatic carbocycles. The first-order valence-corrected chi connectivity index (χ1v) is 7.72. The van der Waals surface area contributed by atoms with Gasteiger partial charge in [-0.1, -0.05) is 20.3 Å². The van der Waals surface area contributed by atoms with Crippen LogP contribution in [0.5, 0.6) is 0 Å². The highest BCUT2D eigenvalue weighted by atomic mass is 16.5. The molecular formula is C15H32N2O. The molecule has 108 valence electrons. The van der Waals surface area contributed by atoms with Gasteiger partial charge in [-0.3, -0.25) is 4.90 Å². The first kappa shape index (κ1) is 15.9. The summed E-state index contributed by atoms with van der Waals surface area (Å²) in [6.45, 7) is 14.3. The van der Waals surface area contributed by atoms with Gasteiger partial charge in [0.15, 0.2) is 0 Å². The third-order valence-electron chi connectivity index (χ3n) is 4.30. The molecule has 1 saturated heterocycles. The van der Waals surface area contributed by atoms with Gasteiger partial charge in [-0.05, 0) is 33.1 Å². The number of nitrogens with one attached hydrogen (secondary N) is 1. The van der Waals surface area contributed by atoms with Crippen molar-refractivity contribution in [2.24, 2.45) is 0 Å². The van der Waals surface area contributed by atoms with Gasteiger partial charge in [-0.25, -0.2) is 0 Å². The van der Waals surface area contributed by atoms with Crippen molar-refractivity contribution in [3.8, 4) is 0 Å². The van der Waals surface area contributed by atoms with Crippen LogP contribution in [0, 0.1) is 0 Å². The summed E-state index contributed by atoms with van der Waals surface area (Å²) in [6.07, 6.45) is 4.94. The molecule has 2 unspecified atom stereocenters. The van der Waals surface area contributed by atoms with Crippen LogP contribution < -0.4 is 5.32 Å². The highest BCUT2D eigenvalue weighted by molar-refractivity contribution is 4.94. The predicted octanol–water partition coefficient (Wildman–Crippen LogP) is 2.66. The second-order valence-electron chi connectivity index (χ2n) is 5.71. The van der Waals surface area contributed by atoms with E-state index in [2.05, 4.69) is 37.9 Å². The van der Waals surface area contributed by atoms with Crippen LogP contribution in [0.1, 0.15) is 53.4 Å². The van der Waals surface area contributed by atoms with Gasteiger partial charge in [0.1, 0.15) is 0 Å². The lowest BCUT2D eigenvalue weighted by atomic mass is 9.91. The Hall–Kier alpha value is -0.120. The molecule has 0 radical (unpaired) electrons. The van der Waals surface area contributed by atoms with E-state index in [1.165, 1.54) is 32.4 Å². The van der Waals surface area contributed by atoms with Crippen molar-refractivity contribution in [2.75, 3.05) is 32.8 Å². The van der Waals surface area contributed by atoms with Crippen molar-refractivity contribution in [1.29, 1.82) is 0 Å². The van der Waals surface area contributed by atoms with Crippen LogP contribution in [-0.2, 0) is 4.74 Å². The summed E-state index contributed by atoms with van der Waals surface area (Å²) < 4.78 is 5.46. The van der Waals surface area contributed by atoms with Gasteiger partial charge >= 0.3 is 0 Å². The molecule has 0 bridgehead atoms. The third kappa shape index (κ3) is 4.52. The zero-order chi connectivity index (χ0) is 13.4. The van der Waals surface area contributed by atoms with E-state index in [4.69, 9.17) is 4.74 Å². The van der Waals surface area contributed by atoms with E-state index >= 15 is 0 Å². The maximum absolute atomic E-state index is 5.46. The predicted molar refractivity (Wildman–Crippen MR) is 78.1 cm³/mol. The monoisotopic (exact) mass is 256 g/mol. The van der Waals surface area contributed by atoms with E-state index in [0.717, 1.165) is 26.2 Å². The minimum Gasteiger partial charge on any atom is -0.382 e. The molecule has 0 aliphatic carbocycles. The quantitative estimate of drug-likeness (QED) is 0.676. The van der Waals surface area contributed by atoms with Crippen LogP contribution in [0.15, 0.2) is 0 Å². The highest BCUT2D eigenvalue weighted by Crippen LogP contribution is 2.24. The normalized spacial score (nSPS) is 29.7. The minimum absolute atomic E-state index is 0.330. The van der Waals surface area contributed by atoms with E-state index in [1.54, 1.807) is 0 Å². The number of piperazine rings is 1. The summed E-state index contributed by atoms with van der Waals surface area (Å²) in [5.41, 5.74) is 0.330. The summed E-state index contributed by atoms with van der Waals surface area (Å²) in [4.78, 5) is 2.68. The van der Waals surface area contributed by atoms with E-state index in [9.17, 15) is 0 Å². The Morgan fingerprint density at radius 1 is 1.33 bits per heavy atom. The van der Waals surface area contributed by atoms with Crippen molar-refractivity contribution in [3.05, 3.63) is 0 Å². The summed E-state index contributed by atoms with van der Waals surface area (Å²) >= 11 is 0. The molecule has 3 heteroatoms. The van der Waals surface area contributed by atoms with Crippen LogP contribution >= 0.6 is 0 Å². The smallest absolute Gasteiger partial charge is 0.0478 e. The zero-order valence-corrected chi connectivity index (χ0v) is 12.8. The molecule has 2 atom stereocenters. The van der Waals surface area contributed by atoms with Gasteiger partial charge in [-0.15, -0.1) is 0 Å². The maximum atomic E-state index is 5.46. The van der Waals surface area contributed by atoms with E-state index in [0.29, 0.717) is 11.6 Å². The van der Waals surface area contributed by atoms with Crippen LogP contribution in [0.2, 0.25) is 0 Å². The Bertz CT molecular complexity index is 223. The molecule has 1 fully saturated rings. The molecule has 3 nitrogen and oxygen atoms in total. The van der Waals surface area contributed by atoms with Crippen molar-refractivity contribution in [2.45, 2.75) is 65.0 Å². The number of ether oxygens (including phenoxy) is 1. The first-order valence-electron chi connectivity index (χ1n) is 7.72. The van der Waals surface area contributed by atoms with E-state index in [-0.39, 0.29) is 0 Å². The molecule has 1 aliphatic heterocycles.